The Morgan fingerprint density at radius 2 is 1.75 bits per heavy atom. The summed E-state index contributed by atoms with van der Waals surface area (Å²) >= 11 is 0. The highest BCUT2D eigenvalue weighted by Crippen LogP contribution is 2.34. The first-order chi connectivity index (χ1) is 15.5. The number of hydrogen-bond donors (Lipinski definition) is 1. The first-order valence-electron chi connectivity index (χ1n) is 11.7. The lowest BCUT2D eigenvalue weighted by atomic mass is 10.0. The van der Waals surface area contributed by atoms with Crippen molar-refractivity contribution in [1.82, 2.24) is 15.1 Å². The van der Waals surface area contributed by atoms with Gasteiger partial charge in [0, 0.05) is 57.2 Å². The maximum absolute atomic E-state index is 12.9. The molecule has 3 fully saturated rings. The highest BCUT2D eigenvalue weighted by molar-refractivity contribution is 6.02. The number of ether oxygens (including phenoxy) is 2. The largest absolute Gasteiger partial charge is 0.489 e. The molecule has 172 valence electrons. The minimum atomic E-state index is -0.380. The third-order valence-corrected chi connectivity index (χ3v) is 7.45. The van der Waals surface area contributed by atoms with Gasteiger partial charge < -0.3 is 14.4 Å². The molecule has 0 spiro atoms. The van der Waals surface area contributed by atoms with Crippen LogP contribution in [0.4, 0.5) is 0 Å². The van der Waals surface area contributed by atoms with Crippen molar-refractivity contribution in [2.45, 2.75) is 75.8 Å². The van der Waals surface area contributed by atoms with Crippen LogP contribution in [0.5, 0.6) is 5.75 Å². The van der Waals surface area contributed by atoms with Gasteiger partial charge in [-0.1, -0.05) is 0 Å². The average Bonchev–Trinajstić information content (AvgIpc) is 3.37. The summed E-state index contributed by atoms with van der Waals surface area (Å²) in [6.45, 7) is 2.50. The third-order valence-electron chi connectivity index (χ3n) is 7.45. The highest BCUT2D eigenvalue weighted by atomic mass is 16.5. The van der Waals surface area contributed by atoms with Crippen LogP contribution in [0.25, 0.3) is 0 Å². The fourth-order valence-corrected chi connectivity index (χ4v) is 5.75. The Kier molecular flexibility index (Phi) is 5.90. The molecular weight excluding hydrogens is 410 g/mol. The topological polar surface area (TPSA) is 88.2 Å². The molecule has 32 heavy (non-hydrogen) atoms. The predicted molar refractivity (Wildman–Crippen MR) is 116 cm³/mol. The minimum Gasteiger partial charge on any atom is -0.489 e. The van der Waals surface area contributed by atoms with Crippen molar-refractivity contribution in [3.8, 4) is 5.75 Å². The zero-order chi connectivity index (χ0) is 22.2. The summed E-state index contributed by atoms with van der Waals surface area (Å²) < 4.78 is 12.0. The van der Waals surface area contributed by atoms with Crippen LogP contribution in [-0.2, 0) is 20.9 Å². The molecule has 3 aliphatic heterocycles. The maximum Gasteiger partial charge on any atom is 0.254 e. The standard InChI is InChI=1S/C24H31N3O5/c1-31-17-7-9-26(10-8-17)20-3-2-4-21(20)32-18-5-6-19-15(11-18)14-27(24(19)30)16-12-22(28)25-23(29)13-16/h5-6,11,16-17,20-21H,2-4,7-10,12-14H2,1H3,(H,25,28,29)/t20-,21-/m0/s1. The quantitative estimate of drug-likeness (QED) is 0.702. The Morgan fingerprint density at radius 1 is 1.00 bits per heavy atom. The second-order valence-electron chi connectivity index (χ2n) is 9.41. The summed E-state index contributed by atoms with van der Waals surface area (Å²) in [4.78, 5) is 40.6. The number of imide groups is 1. The van der Waals surface area contributed by atoms with Crippen molar-refractivity contribution in [2.24, 2.45) is 0 Å². The van der Waals surface area contributed by atoms with Gasteiger partial charge in [-0.05, 0) is 55.9 Å². The SMILES string of the molecule is COC1CCN([C@H]2CCC[C@@H]2Oc2ccc3c(c2)CN(C2CC(=O)NC(=O)C2)C3=O)CC1. The molecule has 1 aromatic carbocycles. The molecule has 1 N–H and O–H groups in total. The lowest BCUT2D eigenvalue weighted by Gasteiger charge is -2.38. The van der Waals surface area contributed by atoms with Crippen LogP contribution in [-0.4, -0.2) is 72.0 Å². The molecule has 0 bridgehead atoms. The second-order valence-corrected chi connectivity index (χ2v) is 9.41. The van der Waals surface area contributed by atoms with Crippen LogP contribution in [0.1, 0.15) is 60.9 Å². The molecule has 3 heterocycles. The molecule has 0 aromatic heterocycles. The molecule has 8 heteroatoms. The normalized spacial score (nSPS) is 27.7. The van der Waals surface area contributed by atoms with Crippen LogP contribution in [0, 0.1) is 0 Å². The average molecular weight is 442 g/mol. The van der Waals surface area contributed by atoms with E-state index in [1.165, 1.54) is 0 Å². The molecule has 5 rings (SSSR count). The number of benzene rings is 1. The Bertz CT molecular complexity index is 895. The Balaban J connectivity index is 1.25. The van der Waals surface area contributed by atoms with Crippen molar-refractivity contribution >= 4 is 17.7 Å². The Labute approximate surface area is 188 Å². The molecule has 2 atom stereocenters. The predicted octanol–water partition coefficient (Wildman–Crippen LogP) is 1.86. The monoisotopic (exact) mass is 441 g/mol. The number of rotatable bonds is 5. The summed E-state index contributed by atoms with van der Waals surface area (Å²) in [7, 11) is 1.79. The van der Waals surface area contributed by atoms with Gasteiger partial charge in [-0.2, -0.15) is 0 Å². The van der Waals surface area contributed by atoms with Gasteiger partial charge in [-0.25, -0.2) is 0 Å². The number of hydrogen-bond acceptors (Lipinski definition) is 6. The molecule has 1 aliphatic carbocycles. The van der Waals surface area contributed by atoms with E-state index in [-0.39, 0.29) is 42.7 Å². The van der Waals surface area contributed by atoms with E-state index in [2.05, 4.69) is 10.2 Å². The molecular formula is C24H31N3O5. The van der Waals surface area contributed by atoms with E-state index in [1.807, 2.05) is 18.2 Å². The van der Waals surface area contributed by atoms with E-state index >= 15 is 0 Å². The second kappa shape index (κ2) is 8.83. The van der Waals surface area contributed by atoms with Gasteiger partial charge in [0.05, 0.1) is 6.10 Å². The molecule has 4 aliphatic rings. The van der Waals surface area contributed by atoms with Crippen molar-refractivity contribution in [2.75, 3.05) is 20.2 Å². The number of amides is 3. The van der Waals surface area contributed by atoms with Crippen molar-refractivity contribution in [1.29, 1.82) is 0 Å². The number of carbonyl (C=O) groups excluding carboxylic acids is 3. The molecule has 1 aromatic rings. The lowest BCUT2D eigenvalue weighted by Crippen LogP contribution is -2.48. The number of methoxy groups -OCH3 is 1. The van der Waals surface area contributed by atoms with Crippen molar-refractivity contribution in [3.05, 3.63) is 29.3 Å². The van der Waals surface area contributed by atoms with Gasteiger partial charge in [0.15, 0.2) is 0 Å². The molecule has 1 saturated carbocycles. The summed E-state index contributed by atoms with van der Waals surface area (Å²) in [5.74, 6) is 0.0417. The zero-order valence-corrected chi connectivity index (χ0v) is 18.5. The maximum atomic E-state index is 12.9. The van der Waals surface area contributed by atoms with Gasteiger partial charge in [0.1, 0.15) is 11.9 Å². The van der Waals surface area contributed by atoms with Crippen LogP contribution >= 0.6 is 0 Å². The van der Waals surface area contributed by atoms with Crippen molar-refractivity contribution in [3.63, 3.8) is 0 Å². The van der Waals surface area contributed by atoms with E-state index in [4.69, 9.17) is 9.47 Å². The first kappa shape index (κ1) is 21.4. The van der Waals surface area contributed by atoms with Gasteiger partial charge in [-0.15, -0.1) is 0 Å². The number of likely N-dealkylation sites (tertiary alicyclic amines) is 1. The molecule has 0 radical (unpaired) electrons. The van der Waals surface area contributed by atoms with Crippen LogP contribution in [0.3, 0.4) is 0 Å². The van der Waals surface area contributed by atoms with E-state index in [1.54, 1.807) is 12.0 Å². The van der Waals surface area contributed by atoms with Gasteiger partial charge in [0.25, 0.3) is 5.91 Å². The summed E-state index contributed by atoms with van der Waals surface area (Å²) in [5, 5.41) is 2.31. The van der Waals surface area contributed by atoms with Gasteiger partial charge >= 0.3 is 0 Å². The molecule has 2 saturated heterocycles. The summed E-state index contributed by atoms with van der Waals surface area (Å²) in [5.41, 5.74) is 1.54. The Hall–Kier alpha value is -2.45. The number of carbonyl (C=O) groups is 3. The highest BCUT2D eigenvalue weighted by Gasteiger charge is 2.38. The zero-order valence-electron chi connectivity index (χ0n) is 18.5. The fourth-order valence-electron chi connectivity index (χ4n) is 5.75. The van der Waals surface area contributed by atoms with Crippen LogP contribution < -0.4 is 10.1 Å². The van der Waals surface area contributed by atoms with E-state index in [0.717, 1.165) is 56.5 Å². The van der Waals surface area contributed by atoms with Crippen LogP contribution in [0.15, 0.2) is 18.2 Å². The number of piperidine rings is 2. The molecule has 3 amide bonds. The molecule has 8 nitrogen and oxygen atoms in total. The van der Waals surface area contributed by atoms with Gasteiger partial charge in [-0.3, -0.25) is 24.6 Å². The fraction of sp³-hybridized carbons (Fsp3) is 0.625. The summed E-state index contributed by atoms with van der Waals surface area (Å²) in [6, 6.07) is 5.71. The van der Waals surface area contributed by atoms with E-state index in [0.29, 0.717) is 24.3 Å². The van der Waals surface area contributed by atoms with E-state index in [9.17, 15) is 14.4 Å². The minimum absolute atomic E-state index is 0.112. The lowest BCUT2D eigenvalue weighted by molar-refractivity contribution is -0.135. The third kappa shape index (κ3) is 4.13. The number of nitrogens with zero attached hydrogens (tertiary/aromatic N) is 2. The number of nitrogens with one attached hydrogen (secondary N) is 1. The van der Waals surface area contributed by atoms with Gasteiger partial charge in [0.2, 0.25) is 11.8 Å². The van der Waals surface area contributed by atoms with Crippen molar-refractivity contribution < 1.29 is 23.9 Å². The van der Waals surface area contributed by atoms with Crippen LogP contribution in [0.2, 0.25) is 0 Å². The Morgan fingerprint density at radius 3 is 2.47 bits per heavy atom. The molecule has 0 unspecified atom stereocenters. The smallest absolute Gasteiger partial charge is 0.254 e. The van der Waals surface area contributed by atoms with E-state index < -0.39 is 0 Å². The summed E-state index contributed by atoms with van der Waals surface area (Å²) in [6.07, 6.45) is 6.34. The number of fused-ring (bicyclic) bond motifs is 1. The first-order valence-corrected chi connectivity index (χ1v) is 11.7.